The molecule has 8 nitrogen and oxygen atoms in total. The predicted octanol–water partition coefficient (Wildman–Crippen LogP) is 2.52. The molecule has 0 N–H and O–H groups in total. The van der Waals surface area contributed by atoms with Crippen LogP contribution >= 0.6 is 0 Å². The van der Waals surface area contributed by atoms with Crippen molar-refractivity contribution in [1.82, 2.24) is 4.90 Å². The van der Waals surface area contributed by atoms with Crippen LogP contribution in [0.15, 0.2) is 48.5 Å². The fourth-order valence-electron chi connectivity index (χ4n) is 4.07. The molecule has 2 aliphatic rings. The summed E-state index contributed by atoms with van der Waals surface area (Å²) in [5.41, 5.74) is 1.22. The molecular formula is C24H23N3O5. The molecule has 0 saturated carbocycles. The fraction of sp³-hybridized carbons (Fsp3) is 0.333. The molecule has 0 radical (unpaired) electrons. The summed E-state index contributed by atoms with van der Waals surface area (Å²) in [6, 6.07) is 14.0. The van der Waals surface area contributed by atoms with E-state index in [1.54, 1.807) is 55.6 Å². The van der Waals surface area contributed by atoms with Gasteiger partial charge in [0.25, 0.3) is 11.8 Å². The Morgan fingerprint density at radius 2 is 1.91 bits per heavy atom. The Kier molecular flexibility index (Phi) is 6.19. The molecule has 2 aliphatic heterocycles. The van der Waals surface area contributed by atoms with Crippen molar-refractivity contribution < 1.29 is 23.9 Å². The monoisotopic (exact) mass is 433 g/mol. The van der Waals surface area contributed by atoms with E-state index in [-0.39, 0.29) is 30.9 Å². The van der Waals surface area contributed by atoms with Gasteiger partial charge in [-0.3, -0.25) is 14.4 Å². The van der Waals surface area contributed by atoms with Gasteiger partial charge in [-0.05, 0) is 61.4 Å². The van der Waals surface area contributed by atoms with Crippen molar-refractivity contribution in [1.29, 1.82) is 5.26 Å². The molecule has 4 rings (SSSR count). The van der Waals surface area contributed by atoms with Crippen molar-refractivity contribution in [2.24, 2.45) is 0 Å². The Morgan fingerprint density at radius 3 is 2.50 bits per heavy atom. The van der Waals surface area contributed by atoms with Gasteiger partial charge < -0.3 is 14.4 Å². The molecule has 2 saturated heterocycles. The summed E-state index contributed by atoms with van der Waals surface area (Å²) in [6.07, 6.45) is 1.40. The van der Waals surface area contributed by atoms with Crippen molar-refractivity contribution in [2.75, 3.05) is 25.2 Å². The number of amides is 3. The molecule has 2 heterocycles. The molecule has 2 atom stereocenters. The highest BCUT2D eigenvalue weighted by molar-refractivity contribution is 6.23. The normalized spacial score (nSPS) is 20.3. The van der Waals surface area contributed by atoms with Gasteiger partial charge in [-0.15, -0.1) is 0 Å². The predicted molar refractivity (Wildman–Crippen MR) is 115 cm³/mol. The van der Waals surface area contributed by atoms with Crippen LogP contribution in [0.2, 0.25) is 0 Å². The third kappa shape index (κ3) is 4.20. The molecule has 2 fully saturated rings. The lowest BCUT2D eigenvalue weighted by Gasteiger charge is -2.30. The number of nitriles is 1. The van der Waals surface area contributed by atoms with Crippen molar-refractivity contribution in [3.63, 3.8) is 0 Å². The Morgan fingerprint density at radius 1 is 1.19 bits per heavy atom. The topological polar surface area (TPSA) is 99.9 Å². The van der Waals surface area contributed by atoms with E-state index in [9.17, 15) is 14.4 Å². The van der Waals surface area contributed by atoms with Gasteiger partial charge >= 0.3 is 0 Å². The van der Waals surface area contributed by atoms with E-state index in [4.69, 9.17) is 14.7 Å². The van der Waals surface area contributed by atoms with E-state index in [2.05, 4.69) is 0 Å². The van der Waals surface area contributed by atoms with Crippen LogP contribution in [0.25, 0.3) is 0 Å². The van der Waals surface area contributed by atoms with Crippen molar-refractivity contribution in [3.05, 3.63) is 59.7 Å². The Labute approximate surface area is 185 Å². The van der Waals surface area contributed by atoms with E-state index in [1.807, 2.05) is 6.07 Å². The molecule has 2 aromatic rings. The summed E-state index contributed by atoms with van der Waals surface area (Å²) in [5, 5.41) is 8.99. The molecule has 2 unspecified atom stereocenters. The summed E-state index contributed by atoms with van der Waals surface area (Å²) in [5.74, 6) is -0.563. The maximum absolute atomic E-state index is 13.4. The zero-order chi connectivity index (χ0) is 22.7. The molecule has 0 bridgehead atoms. The minimum atomic E-state index is -0.919. The number of anilines is 1. The van der Waals surface area contributed by atoms with Crippen LogP contribution in [0.4, 0.5) is 5.69 Å². The molecule has 8 heteroatoms. The average Bonchev–Trinajstić information content (AvgIpc) is 3.44. The van der Waals surface area contributed by atoms with Gasteiger partial charge in [-0.2, -0.15) is 5.26 Å². The first-order valence-electron chi connectivity index (χ1n) is 10.5. The summed E-state index contributed by atoms with van der Waals surface area (Å²) in [4.78, 5) is 42.1. The van der Waals surface area contributed by atoms with Crippen LogP contribution in [0.3, 0.4) is 0 Å². The molecule has 3 amide bonds. The first-order chi connectivity index (χ1) is 15.5. The number of rotatable bonds is 6. The number of hydrogen-bond donors (Lipinski definition) is 0. The number of carbonyl (C=O) groups is 3. The van der Waals surface area contributed by atoms with E-state index in [0.717, 1.165) is 17.7 Å². The first kappa shape index (κ1) is 21.5. The fourth-order valence-corrected chi connectivity index (χ4v) is 4.07. The molecular weight excluding hydrogens is 410 g/mol. The summed E-state index contributed by atoms with van der Waals surface area (Å²) >= 11 is 0. The number of nitrogens with zero attached hydrogens (tertiary/aromatic N) is 3. The van der Waals surface area contributed by atoms with Gasteiger partial charge in [0.2, 0.25) is 5.91 Å². The molecule has 164 valence electrons. The molecule has 2 aromatic carbocycles. The lowest BCUT2D eigenvalue weighted by atomic mass is 10.1. The molecule has 0 aliphatic carbocycles. The van der Waals surface area contributed by atoms with E-state index in [0.29, 0.717) is 29.2 Å². The highest BCUT2D eigenvalue weighted by atomic mass is 16.5. The lowest BCUT2D eigenvalue weighted by Crippen LogP contribution is -2.48. The number of carbonyl (C=O) groups excluding carboxylic acids is 3. The maximum atomic E-state index is 13.4. The second-order valence-corrected chi connectivity index (χ2v) is 7.77. The first-order valence-corrected chi connectivity index (χ1v) is 10.5. The molecule has 32 heavy (non-hydrogen) atoms. The van der Waals surface area contributed by atoms with Gasteiger partial charge in [0.15, 0.2) is 0 Å². The summed E-state index contributed by atoms with van der Waals surface area (Å²) in [6.45, 7) is 0.847. The largest absolute Gasteiger partial charge is 0.497 e. The zero-order valence-corrected chi connectivity index (χ0v) is 17.7. The number of imide groups is 1. The average molecular weight is 433 g/mol. The van der Waals surface area contributed by atoms with Crippen LogP contribution < -0.4 is 9.64 Å². The Balaban J connectivity index is 1.62. The second-order valence-electron chi connectivity index (χ2n) is 7.77. The van der Waals surface area contributed by atoms with Crippen LogP contribution in [0.5, 0.6) is 5.75 Å². The number of benzene rings is 2. The number of hydrogen-bond acceptors (Lipinski definition) is 6. The standard InChI is InChI=1S/C24H23N3O5/c1-31-19-10-6-17(7-11-19)23(29)26(15-20-3-2-12-32-20)21-13-22(28)27(24(21)30)18-8-4-16(14-25)5-9-18/h4-11,20-21H,2-3,12-13,15H2,1H3. The maximum Gasteiger partial charge on any atom is 0.257 e. The molecule has 0 spiro atoms. The minimum Gasteiger partial charge on any atom is -0.497 e. The van der Waals surface area contributed by atoms with Crippen molar-refractivity contribution in [3.8, 4) is 11.8 Å². The van der Waals surface area contributed by atoms with E-state index in [1.165, 1.54) is 4.90 Å². The summed E-state index contributed by atoms with van der Waals surface area (Å²) < 4.78 is 10.9. The lowest BCUT2D eigenvalue weighted by molar-refractivity contribution is -0.122. The smallest absolute Gasteiger partial charge is 0.257 e. The Hall–Kier alpha value is -3.70. The van der Waals surface area contributed by atoms with Gasteiger partial charge in [-0.1, -0.05) is 0 Å². The second kappa shape index (κ2) is 9.20. The third-order valence-electron chi connectivity index (χ3n) is 5.78. The Bertz CT molecular complexity index is 1050. The van der Waals surface area contributed by atoms with Crippen LogP contribution in [0, 0.1) is 11.3 Å². The van der Waals surface area contributed by atoms with E-state index >= 15 is 0 Å². The highest BCUT2D eigenvalue weighted by Gasteiger charge is 2.45. The quantitative estimate of drug-likeness (QED) is 0.649. The van der Waals surface area contributed by atoms with Crippen LogP contribution in [0.1, 0.15) is 35.2 Å². The van der Waals surface area contributed by atoms with Crippen molar-refractivity contribution >= 4 is 23.4 Å². The van der Waals surface area contributed by atoms with Gasteiger partial charge in [0, 0.05) is 18.7 Å². The SMILES string of the molecule is COc1ccc(C(=O)N(CC2CCCO2)C2CC(=O)N(c3ccc(C#N)cc3)C2=O)cc1. The highest BCUT2D eigenvalue weighted by Crippen LogP contribution is 2.28. The van der Waals surface area contributed by atoms with Gasteiger partial charge in [0.1, 0.15) is 11.8 Å². The minimum absolute atomic E-state index is 0.104. The summed E-state index contributed by atoms with van der Waals surface area (Å²) in [7, 11) is 1.54. The zero-order valence-electron chi connectivity index (χ0n) is 17.7. The number of methoxy groups -OCH3 is 1. The van der Waals surface area contributed by atoms with Gasteiger partial charge in [-0.25, -0.2) is 4.90 Å². The van der Waals surface area contributed by atoms with Gasteiger partial charge in [0.05, 0.1) is 37.0 Å². The van der Waals surface area contributed by atoms with Crippen LogP contribution in [-0.2, 0) is 14.3 Å². The number of ether oxygens (including phenoxy) is 2. The van der Waals surface area contributed by atoms with E-state index < -0.39 is 11.9 Å². The molecule has 0 aromatic heterocycles. The van der Waals surface area contributed by atoms with Crippen LogP contribution in [-0.4, -0.2) is 55.0 Å². The van der Waals surface area contributed by atoms with Crippen molar-refractivity contribution in [2.45, 2.75) is 31.4 Å². The third-order valence-corrected chi connectivity index (χ3v) is 5.78.